The van der Waals surface area contributed by atoms with Crippen molar-refractivity contribution >= 4 is 17.8 Å². The van der Waals surface area contributed by atoms with Crippen molar-refractivity contribution in [1.82, 2.24) is 21.5 Å². The number of hydrazine groups is 1. The van der Waals surface area contributed by atoms with E-state index in [1.807, 2.05) is 13.8 Å². The molecule has 21 heavy (non-hydrogen) atoms. The molecule has 1 aromatic rings. The highest BCUT2D eigenvalue weighted by Crippen LogP contribution is 1.96. The molecule has 0 bridgehead atoms. The third kappa shape index (κ3) is 6.95. The summed E-state index contributed by atoms with van der Waals surface area (Å²) in [7, 11) is 0. The third-order valence-corrected chi connectivity index (χ3v) is 2.41. The van der Waals surface area contributed by atoms with Crippen molar-refractivity contribution < 1.29 is 14.4 Å². The van der Waals surface area contributed by atoms with Gasteiger partial charge in [-0.05, 0) is 26.0 Å². The maximum absolute atomic E-state index is 11.6. The first-order valence-electron chi connectivity index (χ1n) is 6.67. The van der Waals surface area contributed by atoms with Crippen molar-refractivity contribution in [2.45, 2.75) is 26.3 Å². The second-order valence-electron chi connectivity index (χ2n) is 4.67. The molecular weight excluding hydrogens is 272 g/mol. The molecule has 0 aromatic heterocycles. The van der Waals surface area contributed by atoms with Crippen molar-refractivity contribution in [3.63, 3.8) is 0 Å². The first kappa shape index (κ1) is 16.5. The molecule has 0 spiro atoms. The fourth-order valence-electron chi connectivity index (χ4n) is 1.50. The van der Waals surface area contributed by atoms with Gasteiger partial charge in [0.05, 0.1) is 0 Å². The van der Waals surface area contributed by atoms with Crippen LogP contribution in [0, 0.1) is 0 Å². The van der Waals surface area contributed by atoms with Crippen molar-refractivity contribution in [1.29, 1.82) is 0 Å². The molecule has 114 valence electrons. The van der Waals surface area contributed by atoms with Crippen LogP contribution in [0.15, 0.2) is 30.3 Å². The summed E-state index contributed by atoms with van der Waals surface area (Å²) in [5.41, 5.74) is 4.92. The minimum Gasteiger partial charge on any atom is -0.354 e. The number of urea groups is 1. The number of nitrogens with one attached hydrogen (secondary N) is 4. The summed E-state index contributed by atoms with van der Waals surface area (Å²) >= 11 is 0. The summed E-state index contributed by atoms with van der Waals surface area (Å²) in [6.45, 7) is 3.90. The van der Waals surface area contributed by atoms with Crippen LogP contribution in [-0.4, -0.2) is 30.4 Å². The van der Waals surface area contributed by atoms with Crippen molar-refractivity contribution in [3.8, 4) is 0 Å². The molecule has 0 radical (unpaired) electrons. The quantitative estimate of drug-likeness (QED) is 0.596. The Labute approximate surface area is 123 Å². The molecule has 1 rings (SSSR count). The van der Waals surface area contributed by atoms with Crippen LogP contribution in [0.3, 0.4) is 0 Å². The topological polar surface area (TPSA) is 99.3 Å². The Hall–Kier alpha value is -2.57. The smallest absolute Gasteiger partial charge is 0.333 e. The van der Waals surface area contributed by atoms with E-state index in [4.69, 9.17) is 0 Å². The Balaban J connectivity index is 2.20. The van der Waals surface area contributed by atoms with E-state index in [-0.39, 0.29) is 24.9 Å². The third-order valence-electron chi connectivity index (χ3n) is 2.41. The SMILES string of the molecule is CC(C)NC(=O)CCNC(=O)NNC(=O)c1ccccc1. The van der Waals surface area contributed by atoms with Crippen LogP contribution < -0.4 is 21.5 Å². The Morgan fingerprint density at radius 2 is 1.71 bits per heavy atom. The highest BCUT2D eigenvalue weighted by atomic mass is 16.2. The zero-order chi connectivity index (χ0) is 15.7. The van der Waals surface area contributed by atoms with Crippen LogP contribution >= 0.6 is 0 Å². The van der Waals surface area contributed by atoms with Gasteiger partial charge in [-0.3, -0.25) is 15.0 Å². The lowest BCUT2D eigenvalue weighted by atomic mass is 10.2. The summed E-state index contributed by atoms with van der Waals surface area (Å²) in [5, 5.41) is 5.18. The molecule has 4 N–H and O–H groups in total. The summed E-state index contributed by atoms with van der Waals surface area (Å²) in [6.07, 6.45) is 0.179. The minimum absolute atomic E-state index is 0.0662. The number of rotatable bonds is 5. The Morgan fingerprint density at radius 1 is 1.05 bits per heavy atom. The van der Waals surface area contributed by atoms with E-state index in [9.17, 15) is 14.4 Å². The molecule has 0 saturated heterocycles. The zero-order valence-electron chi connectivity index (χ0n) is 12.1. The van der Waals surface area contributed by atoms with Gasteiger partial charge in [0.15, 0.2) is 0 Å². The molecule has 0 fully saturated rings. The average Bonchev–Trinajstić information content (AvgIpc) is 2.45. The molecule has 7 nitrogen and oxygen atoms in total. The molecule has 0 aliphatic rings. The van der Waals surface area contributed by atoms with Gasteiger partial charge in [0, 0.05) is 24.6 Å². The van der Waals surface area contributed by atoms with Crippen LogP contribution in [0.5, 0.6) is 0 Å². The van der Waals surface area contributed by atoms with E-state index < -0.39 is 11.9 Å². The van der Waals surface area contributed by atoms with Crippen molar-refractivity contribution in [2.24, 2.45) is 0 Å². The molecule has 4 amide bonds. The van der Waals surface area contributed by atoms with Gasteiger partial charge in [0.25, 0.3) is 5.91 Å². The van der Waals surface area contributed by atoms with Gasteiger partial charge in [-0.1, -0.05) is 18.2 Å². The van der Waals surface area contributed by atoms with E-state index in [0.29, 0.717) is 5.56 Å². The molecule has 0 atom stereocenters. The molecule has 0 saturated carbocycles. The average molecular weight is 292 g/mol. The standard InChI is InChI=1S/C14H20N4O3/c1-10(2)16-12(19)8-9-15-14(21)18-17-13(20)11-6-4-3-5-7-11/h3-7,10H,8-9H2,1-2H3,(H,16,19)(H,17,20)(H2,15,18,21). The fourth-order valence-corrected chi connectivity index (χ4v) is 1.50. The maximum Gasteiger partial charge on any atom is 0.333 e. The van der Waals surface area contributed by atoms with Gasteiger partial charge in [0.2, 0.25) is 5.91 Å². The number of hydrogen-bond acceptors (Lipinski definition) is 3. The van der Waals surface area contributed by atoms with Gasteiger partial charge in [-0.2, -0.15) is 0 Å². The van der Waals surface area contributed by atoms with E-state index in [1.54, 1.807) is 30.3 Å². The number of benzene rings is 1. The van der Waals surface area contributed by atoms with Crippen LogP contribution in [-0.2, 0) is 4.79 Å². The van der Waals surface area contributed by atoms with Crippen molar-refractivity contribution in [3.05, 3.63) is 35.9 Å². The summed E-state index contributed by atoms with van der Waals surface area (Å²) in [5.74, 6) is -0.554. The van der Waals surface area contributed by atoms with Crippen molar-refractivity contribution in [2.75, 3.05) is 6.54 Å². The lowest BCUT2D eigenvalue weighted by molar-refractivity contribution is -0.121. The highest BCUT2D eigenvalue weighted by molar-refractivity contribution is 5.95. The number of amides is 4. The molecule has 0 aliphatic carbocycles. The first-order chi connectivity index (χ1) is 9.99. The van der Waals surface area contributed by atoms with Crippen LogP contribution in [0.2, 0.25) is 0 Å². The van der Waals surface area contributed by atoms with Crippen LogP contribution in [0.4, 0.5) is 4.79 Å². The van der Waals surface area contributed by atoms with E-state index in [2.05, 4.69) is 21.5 Å². The lowest BCUT2D eigenvalue weighted by Gasteiger charge is -2.10. The van der Waals surface area contributed by atoms with Gasteiger partial charge >= 0.3 is 6.03 Å². The van der Waals surface area contributed by atoms with E-state index in [0.717, 1.165) is 0 Å². The minimum atomic E-state index is -0.573. The van der Waals surface area contributed by atoms with Gasteiger partial charge < -0.3 is 10.6 Å². The largest absolute Gasteiger partial charge is 0.354 e. The second-order valence-corrected chi connectivity index (χ2v) is 4.67. The Morgan fingerprint density at radius 3 is 2.33 bits per heavy atom. The number of carbonyl (C=O) groups excluding carboxylic acids is 3. The molecule has 0 aliphatic heterocycles. The second kappa shape index (κ2) is 8.57. The summed E-state index contributed by atoms with van der Waals surface area (Å²) in [6, 6.07) is 7.99. The fraction of sp³-hybridized carbons (Fsp3) is 0.357. The molecule has 1 aromatic carbocycles. The number of hydrogen-bond donors (Lipinski definition) is 4. The maximum atomic E-state index is 11.6. The molecular formula is C14H20N4O3. The zero-order valence-corrected chi connectivity index (χ0v) is 12.1. The molecule has 0 unspecified atom stereocenters. The predicted molar refractivity (Wildman–Crippen MR) is 78.3 cm³/mol. The number of carbonyl (C=O) groups is 3. The van der Waals surface area contributed by atoms with E-state index in [1.165, 1.54) is 0 Å². The Bertz CT molecular complexity index is 488. The molecule has 7 heteroatoms. The van der Waals surface area contributed by atoms with Gasteiger partial charge in [0.1, 0.15) is 0 Å². The van der Waals surface area contributed by atoms with Crippen LogP contribution in [0.25, 0.3) is 0 Å². The lowest BCUT2D eigenvalue weighted by Crippen LogP contribution is -2.47. The summed E-state index contributed by atoms with van der Waals surface area (Å²) < 4.78 is 0. The summed E-state index contributed by atoms with van der Waals surface area (Å²) in [4.78, 5) is 34.4. The first-order valence-corrected chi connectivity index (χ1v) is 6.67. The van der Waals surface area contributed by atoms with Gasteiger partial charge in [-0.15, -0.1) is 0 Å². The van der Waals surface area contributed by atoms with Crippen LogP contribution in [0.1, 0.15) is 30.6 Å². The van der Waals surface area contributed by atoms with E-state index >= 15 is 0 Å². The normalized spacial score (nSPS) is 9.86. The Kier molecular flexibility index (Phi) is 6.73. The molecule has 0 heterocycles. The predicted octanol–water partition coefficient (Wildman–Crippen LogP) is 0.545. The monoisotopic (exact) mass is 292 g/mol. The highest BCUT2D eigenvalue weighted by Gasteiger charge is 2.07. The van der Waals surface area contributed by atoms with Gasteiger partial charge in [-0.25, -0.2) is 10.2 Å².